The Hall–Kier alpha value is -3.78. The molecule has 1 aliphatic carbocycles. The molecule has 0 spiro atoms. The zero-order chi connectivity index (χ0) is 28.9. The van der Waals surface area contributed by atoms with E-state index in [9.17, 15) is 4.79 Å². The molecule has 0 radical (unpaired) electrons. The van der Waals surface area contributed by atoms with E-state index in [0.29, 0.717) is 0 Å². The number of fused-ring (bicyclic) bond motifs is 3. The lowest BCUT2D eigenvalue weighted by Crippen LogP contribution is -2.35. The highest BCUT2D eigenvalue weighted by atomic mass is 16.5. The minimum atomic E-state index is -0.813. The van der Waals surface area contributed by atoms with Crippen LogP contribution in [0.15, 0.2) is 48.7 Å². The number of nitrogens with zero attached hydrogens (tertiary/aromatic N) is 5. The van der Waals surface area contributed by atoms with Gasteiger partial charge in [-0.15, -0.1) is 5.10 Å². The second-order valence-electron chi connectivity index (χ2n) is 12.1. The van der Waals surface area contributed by atoms with Gasteiger partial charge in [0.2, 0.25) is 5.88 Å². The van der Waals surface area contributed by atoms with Crippen molar-refractivity contribution in [3.8, 4) is 5.88 Å². The zero-order valence-electron chi connectivity index (χ0n) is 24.8. The predicted octanol–water partition coefficient (Wildman–Crippen LogP) is 5.66. The van der Waals surface area contributed by atoms with Gasteiger partial charge in [0.25, 0.3) is 0 Å². The summed E-state index contributed by atoms with van der Waals surface area (Å²) in [5, 5.41) is 8.69. The fourth-order valence-corrected chi connectivity index (χ4v) is 6.93. The van der Waals surface area contributed by atoms with Crippen LogP contribution >= 0.6 is 0 Å². The molecule has 0 fully saturated rings. The Balaban J connectivity index is 1.44. The fourth-order valence-electron chi connectivity index (χ4n) is 6.93. The van der Waals surface area contributed by atoms with Crippen LogP contribution in [-0.4, -0.2) is 50.6 Å². The van der Waals surface area contributed by atoms with E-state index in [1.54, 1.807) is 4.68 Å². The largest absolute Gasteiger partial charge is 0.473 e. The predicted molar refractivity (Wildman–Crippen MR) is 158 cm³/mol. The number of carbonyl (C=O) groups excluding carboxylic acids is 1. The molecule has 214 valence electrons. The van der Waals surface area contributed by atoms with Crippen LogP contribution in [0.3, 0.4) is 0 Å². The van der Waals surface area contributed by atoms with Crippen molar-refractivity contribution in [3.63, 3.8) is 0 Å². The van der Waals surface area contributed by atoms with Gasteiger partial charge in [-0.25, -0.2) is 9.67 Å². The Morgan fingerprint density at radius 3 is 2.80 bits per heavy atom. The number of carbonyl (C=O) groups is 1. The smallest absolute Gasteiger partial charge is 0.312 e. The average molecular weight is 554 g/mol. The minimum Gasteiger partial charge on any atom is -0.473 e. The van der Waals surface area contributed by atoms with Crippen LogP contribution in [0.1, 0.15) is 79.0 Å². The van der Waals surface area contributed by atoms with E-state index in [2.05, 4.69) is 70.4 Å². The molecule has 8 nitrogen and oxygen atoms in total. The molecular formula is C33H39N5O3. The van der Waals surface area contributed by atoms with Crippen molar-refractivity contribution < 1.29 is 14.3 Å². The van der Waals surface area contributed by atoms with Crippen molar-refractivity contribution in [3.05, 3.63) is 82.0 Å². The van der Waals surface area contributed by atoms with Gasteiger partial charge < -0.3 is 9.47 Å². The van der Waals surface area contributed by atoms with Crippen LogP contribution in [0.4, 0.5) is 0 Å². The van der Waals surface area contributed by atoms with E-state index in [-0.39, 0.29) is 24.0 Å². The quantitative estimate of drug-likeness (QED) is 0.285. The molecule has 0 N–H and O–H groups in total. The summed E-state index contributed by atoms with van der Waals surface area (Å²) in [5.41, 5.74) is 8.07. The Labute approximate surface area is 241 Å². The molecule has 0 bridgehead atoms. The first-order valence-electron chi connectivity index (χ1n) is 14.6. The maximum Gasteiger partial charge on any atom is 0.312 e. The van der Waals surface area contributed by atoms with Gasteiger partial charge in [0, 0.05) is 43.9 Å². The summed E-state index contributed by atoms with van der Waals surface area (Å²) in [6, 6.07) is 15.4. The topological polar surface area (TPSA) is 82.4 Å². The van der Waals surface area contributed by atoms with Crippen LogP contribution in [0.5, 0.6) is 5.88 Å². The van der Waals surface area contributed by atoms with E-state index in [4.69, 9.17) is 9.47 Å². The first-order chi connectivity index (χ1) is 19.7. The lowest BCUT2D eigenvalue weighted by molar-refractivity contribution is -0.151. The third-order valence-corrected chi connectivity index (χ3v) is 9.21. The molecule has 0 saturated carbocycles. The zero-order valence-corrected chi connectivity index (χ0v) is 24.8. The molecule has 41 heavy (non-hydrogen) atoms. The minimum absolute atomic E-state index is 0.0887. The van der Waals surface area contributed by atoms with Crippen molar-refractivity contribution in [2.75, 3.05) is 13.7 Å². The second kappa shape index (κ2) is 10.6. The van der Waals surface area contributed by atoms with E-state index >= 15 is 0 Å². The molecule has 3 heterocycles. The van der Waals surface area contributed by atoms with Crippen LogP contribution in [0.25, 0.3) is 11.0 Å². The SMILES string of the molecule is CC[C@@H]1CN(C2CCc3ccc(C(c4ccc5c(nnn5C)c4C)C(C)(C)C(=O)OC)cc32)Cc2cccnc2O1. The Morgan fingerprint density at radius 2 is 2.02 bits per heavy atom. The molecule has 6 rings (SSSR count). The Kier molecular flexibility index (Phi) is 7.06. The maximum atomic E-state index is 13.3. The first kappa shape index (κ1) is 27.4. The fraction of sp³-hybridized carbons (Fsp3) is 0.455. The van der Waals surface area contributed by atoms with E-state index in [1.807, 2.05) is 33.2 Å². The third kappa shape index (κ3) is 4.68. The number of aryl methyl sites for hydroxylation is 3. The van der Waals surface area contributed by atoms with Gasteiger partial charge in [-0.1, -0.05) is 42.5 Å². The van der Waals surface area contributed by atoms with Gasteiger partial charge in [-0.05, 0) is 80.0 Å². The molecule has 2 unspecified atom stereocenters. The number of pyridine rings is 1. The monoisotopic (exact) mass is 553 g/mol. The lowest BCUT2D eigenvalue weighted by atomic mass is 9.69. The molecule has 0 amide bonds. The molecular weight excluding hydrogens is 514 g/mol. The highest BCUT2D eigenvalue weighted by molar-refractivity contribution is 5.82. The number of esters is 1. The molecule has 3 atom stereocenters. The summed E-state index contributed by atoms with van der Waals surface area (Å²) in [6.45, 7) is 9.87. The first-order valence-corrected chi connectivity index (χ1v) is 14.6. The summed E-state index contributed by atoms with van der Waals surface area (Å²) in [4.78, 5) is 20.4. The Bertz CT molecular complexity index is 1610. The molecule has 0 saturated heterocycles. The molecule has 8 heteroatoms. The summed E-state index contributed by atoms with van der Waals surface area (Å²) in [7, 11) is 3.37. The molecule has 2 aromatic heterocycles. The summed E-state index contributed by atoms with van der Waals surface area (Å²) >= 11 is 0. The van der Waals surface area contributed by atoms with Crippen LogP contribution < -0.4 is 4.74 Å². The lowest BCUT2D eigenvalue weighted by Gasteiger charge is -2.35. The third-order valence-electron chi connectivity index (χ3n) is 9.21. The van der Waals surface area contributed by atoms with Crippen molar-refractivity contribution in [2.45, 2.75) is 71.6 Å². The molecule has 2 aromatic carbocycles. The van der Waals surface area contributed by atoms with Gasteiger partial charge in [0.15, 0.2) is 0 Å². The van der Waals surface area contributed by atoms with Gasteiger partial charge in [-0.2, -0.15) is 0 Å². The summed E-state index contributed by atoms with van der Waals surface area (Å²) in [5.74, 6) is 0.287. The number of ether oxygens (including phenoxy) is 2. The van der Waals surface area contributed by atoms with Crippen molar-refractivity contribution >= 4 is 17.0 Å². The van der Waals surface area contributed by atoms with Gasteiger partial charge >= 0.3 is 5.97 Å². The highest BCUT2D eigenvalue weighted by Gasteiger charge is 2.42. The van der Waals surface area contributed by atoms with Crippen LogP contribution in [0, 0.1) is 12.3 Å². The standard InChI is InChI=1S/C33H39N5O3/c1-7-24-19-38(18-23-9-8-16-34-31(23)41-24)27-14-12-21-10-11-22(17-26(21)27)29(33(3,4)32(39)40-6)25-13-15-28-30(20(25)2)35-36-37(28)5/h8-11,13,15-17,24,27,29H,7,12,14,18-19H2,1-6H3/t24-,27?,29?/m1/s1. The van der Waals surface area contributed by atoms with Gasteiger partial charge in [-0.3, -0.25) is 9.69 Å². The summed E-state index contributed by atoms with van der Waals surface area (Å²) in [6.07, 6.45) is 4.91. The number of methoxy groups -OCH3 is 1. The number of benzene rings is 2. The normalized spacial score (nSPS) is 19.8. The van der Waals surface area contributed by atoms with Crippen LogP contribution in [0.2, 0.25) is 0 Å². The van der Waals surface area contributed by atoms with Crippen molar-refractivity contribution in [2.24, 2.45) is 12.5 Å². The van der Waals surface area contributed by atoms with E-state index < -0.39 is 5.41 Å². The second-order valence-corrected chi connectivity index (χ2v) is 12.1. The van der Waals surface area contributed by atoms with Crippen molar-refractivity contribution in [1.82, 2.24) is 24.9 Å². The number of hydrogen-bond acceptors (Lipinski definition) is 7. The van der Waals surface area contributed by atoms with Crippen LogP contribution in [-0.2, 0) is 29.5 Å². The maximum absolute atomic E-state index is 13.3. The van der Waals surface area contributed by atoms with Gasteiger partial charge in [0.1, 0.15) is 11.6 Å². The molecule has 1 aliphatic heterocycles. The summed E-state index contributed by atoms with van der Waals surface area (Å²) < 4.78 is 13.5. The Morgan fingerprint density at radius 1 is 1.20 bits per heavy atom. The van der Waals surface area contributed by atoms with E-state index in [1.165, 1.54) is 18.2 Å². The van der Waals surface area contributed by atoms with Crippen molar-refractivity contribution in [1.29, 1.82) is 0 Å². The highest BCUT2D eigenvalue weighted by Crippen LogP contribution is 2.47. The number of rotatable bonds is 6. The number of hydrogen-bond donors (Lipinski definition) is 0. The van der Waals surface area contributed by atoms with E-state index in [0.717, 1.165) is 71.5 Å². The molecule has 4 aromatic rings. The number of aromatic nitrogens is 4. The average Bonchev–Trinajstić information content (AvgIpc) is 3.51. The van der Waals surface area contributed by atoms with Gasteiger partial charge in [0.05, 0.1) is 18.0 Å². The molecule has 2 aliphatic rings.